The number of carbonyl (C=O) groups excluding carboxylic acids is 1. The molecule has 0 bridgehead atoms. The maximum atomic E-state index is 12.4. The summed E-state index contributed by atoms with van der Waals surface area (Å²) >= 11 is 1.61. The van der Waals surface area contributed by atoms with Crippen LogP contribution in [0.4, 0.5) is 0 Å². The monoisotopic (exact) mass is 340 g/mol. The summed E-state index contributed by atoms with van der Waals surface area (Å²) in [5.41, 5.74) is 2.53. The number of nitrogens with zero attached hydrogens (tertiary/aromatic N) is 1. The van der Waals surface area contributed by atoms with Gasteiger partial charge in [0, 0.05) is 22.9 Å². The Hall–Kier alpha value is -2.40. The number of hydrogen-bond acceptors (Lipinski definition) is 3. The first-order valence-corrected chi connectivity index (χ1v) is 8.87. The number of carbonyl (C=O) groups is 1. The van der Waals surface area contributed by atoms with Crippen LogP contribution in [0.3, 0.4) is 0 Å². The van der Waals surface area contributed by atoms with Crippen molar-refractivity contribution < 1.29 is 4.79 Å². The number of benzene rings is 1. The molecule has 0 saturated heterocycles. The number of hydrogen-bond donors (Lipinski definition) is 1. The van der Waals surface area contributed by atoms with Crippen LogP contribution < -0.4 is 5.56 Å². The Balaban J connectivity index is 1.93. The molecule has 2 aromatic heterocycles. The van der Waals surface area contributed by atoms with Gasteiger partial charge < -0.3 is 9.88 Å². The molecule has 0 saturated carbocycles. The third-order valence-electron chi connectivity index (χ3n) is 4.13. The molecule has 0 fully saturated rings. The minimum absolute atomic E-state index is 0.0368. The highest BCUT2D eigenvalue weighted by molar-refractivity contribution is 7.09. The second kappa shape index (κ2) is 7.01. The van der Waals surface area contributed by atoms with Crippen molar-refractivity contribution in [1.29, 1.82) is 0 Å². The molecule has 0 atom stereocenters. The molecule has 0 aliphatic heterocycles. The van der Waals surface area contributed by atoms with E-state index in [2.05, 4.69) is 18.0 Å². The van der Waals surface area contributed by atoms with E-state index in [1.807, 2.05) is 35.7 Å². The van der Waals surface area contributed by atoms with Crippen molar-refractivity contribution in [3.05, 3.63) is 68.1 Å². The summed E-state index contributed by atoms with van der Waals surface area (Å²) < 4.78 is 0. The van der Waals surface area contributed by atoms with Crippen molar-refractivity contribution in [3.8, 4) is 0 Å². The molecule has 0 spiro atoms. The SMILES string of the molecule is CCc1ccc2[nH]c(=O)c(CN(Cc3cccs3)C(C)=O)cc2c1. The molecule has 1 aromatic carbocycles. The minimum Gasteiger partial charge on any atom is -0.333 e. The fourth-order valence-corrected chi connectivity index (χ4v) is 3.43. The van der Waals surface area contributed by atoms with Crippen LogP contribution in [-0.4, -0.2) is 15.8 Å². The Bertz CT molecular complexity index is 913. The molecule has 0 unspecified atom stereocenters. The fourth-order valence-electron chi connectivity index (χ4n) is 2.71. The molecule has 24 heavy (non-hydrogen) atoms. The molecular formula is C19H20N2O2S. The Morgan fingerprint density at radius 2 is 2.04 bits per heavy atom. The van der Waals surface area contributed by atoms with Crippen LogP contribution in [0.25, 0.3) is 10.9 Å². The number of fused-ring (bicyclic) bond motifs is 1. The van der Waals surface area contributed by atoms with Crippen LogP contribution >= 0.6 is 11.3 Å². The van der Waals surface area contributed by atoms with E-state index in [1.165, 1.54) is 12.5 Å². The summed E-state index contributed by atoms with van der Waals surface area (Å²) in [6, 6.07) is 11.9. The summed E-state index contributed by atoms with van der Waals surface area (Å²) in [5, 5.41) is 2.99. The predicted molar refractivity (Wildman–Crippen MR) is 98.2 cm³/mol. The first-order chi connectivity index (χ1) is 11.6. The maximum Gasteiger partial charge on any atom is 0.253 e. The molecule has 3 rings (SSSR count). The second-order valence-corrected chi connectivity index (χ2v) is 6.89. The normalized spacial score (nSPS) is 10.9. The standard InChI is InChI=1S/C19H20N2O2S/c1-3-14-6-7-18-15(9-14)10-16(19(23)20-18)11-21(13(2)22)12-17-5-4-8-24-17/h4-10H,3,11-12H2,1-2H3,(H,20,23). The lowest BCUT2D eigenvalue weighted by Crippen LogP contribution is -2.30. The molecule has 3 aromatic rings. The van der Waals surface area contributed by atoms with Crippen molar-refractivity contribution in [2.45, 2.75) is 33.4 Å². The van der Waals surface area contributed by atoms with Gasteiger partial charge in [-0.05, 0) is 47.0 Å². The fraction of sp³-hybridized carbons (Fsp3) is 0.263. The maximum absolute atomic E-state index is 12.4. The first kappa shape index (κ1) is 16.5. The zero-order chi connectivity index (χ0) is 17.1. The van der Waals surface area contributed by atoms with Gasteiger partial charge in [0.2, 0.25) is 5.91 Å². The number of amides is 1. The van der Waals surface area contributed by atoms with Crippen LogP contribution in [0.1, 0.15) is 29.9 Å². The van der Waals surface area contributed by atoms with Gasteiger partial charge in [-0.15, -0.1) is 11.3 Å². The molecule has 0 aliphatic rings. The largest absolute Gasteiger partial charge is 0.333 e. The number of rotatable bonds is 5. The summed E-state index contributed by atoms with van der Waals surface area (Å²) in [6.07, 6.45) is 0.947. The lowest BCUT2D eigenvalue weighted by atomic mass is 10.1. The Labute approximate surface area is 144 Å². The number of aromatic amines is 1. The third-order valence-corrected chi connectivity index (χ3v) is 4.99. The van der Waals surface area contributed by atoms with Crippen molar-refractivity contribution in [2.75, 3.05) is 0 Å². The molecule has 5 heteroatoms. The van der Waals surface area contributed by atoms with E-state index in [-0.39, 0.29) is 11.5 Å². The number of aromatic nitrogens is 1. The molecule has 0 aliphatic carbocycles. The number of H-pyrrole nitrogens is 1. The zero-order valence-electron chi connectivity index (χ0n) is 13.8. The highest BCUT2D eigenvalue weighted by Crippen LogP contribution is 2.17. The molecular weight excluding hydrogens is 320 g/mol. The van der Waals surface area contributed by atoms with Gasteiger partial charge in [-0.1, -0.05) is 19.1 Å². The third kappa shape index (κ3) is 3.57. The zero-order valence-corrected chi connectivity index (χ0v) is 14.7. The van der Waals surface area contributed by atoms with Gasteiger partial charge in [-0.3, -0.25) is 9.59 Å². The average molecular weight is 340 g/mol. The van der Waals surface area contributed by atoms with Crippen LogP contribution in [0.2, 0.25) is 0 Å². The van der Waals surface area contributed by atoms with Gasteiger partial charge in [0.15, 0.2) is 0 Å². The summed E-state index contributed by atoms with van der Waals surface area (Å²) in [6.45, 7) is 4.48. The Morgan fingerprint density at radius 3 is 2.71 bits per heavy atom. The summed E-state index contributed by atoms with van der Waals surface area (Å²) in [4.78, 5) is 30.1. The van der Waals surface area contributed by atoms with Crippen molar-refractivity contribution in [2.24, 2.45) is 0 Å². The highest BCUT2D eigenvalue weighted by atomic mass is 32.1. The van der Waals surface area contributed by atoms with Crippen LogP contribution in [-0.2, 0) is 24.3 Å². The van der Waals surface area contributed by atoms with Gasteiger partial charge in [0.1, 0.15) is 0 Å². The van der Waals surface area contributed by atoms with Gasteiger partial charge in [0.25, 0.3) is 5.56 Å². The average Bonchev–Trinajstić information content (AvgIpc) is 3.07. The summed E-state index contributed by atoms with van der Waals surface area (Å²) in [7, 11) is 0. The topological polar surface area (TPSA) is 53.2 Å². The summed E-state index contributed by atoms with van der Waals surface area (Å²) in [5.74, 6) is -0.0368. The number of thiophene rings is 1. The van der Waals surface area contributed by atoms with Gasteiger partial charge in [-0.2, -0.15) is 0 Å². The van der Waals surface area contributed by atoms with E-state index in [1.54, 1.807) is 16.2 Å². The number of pyridine rings is 1. The van der Waals surface area contributed by atoms with Crippen molar-refractivity contribution >= 4 is 28.1 Å². The van der Waals surface area contributed by atoms with E-state index < -0.39 is 0 Å². The molecule has 0 radical (unpaired) electrons. The van der Waals surface area contributed by atoms with Gasteiger partial charge in [-0.25, -0.2) is 0 Å². The van der Waals surface area contributed by atoms with E-state index in [4.69, 9.17) is 0 Å². The molecule has 4 nitrogen and oxygen atoms in total. The Kier molecular flexibility index (Phi) is 4.81. The minimum atomic E-state index is -0.135. The lowest BCUT2D eigenvalue weighted by Gasteiger charge is -2.20. The second-order valence-electron chi connectivity index (χ2n) is 5.85. The van der Waals surface area contributed by atoms with Crippen molar-refractivity contribution in [3.63, 3.8) is 0 Å². The van der Waals surface area contributed by atoms with E-state index in [9.17, 15) is 9.59 Å². The quantitative estimate of drug-likeness (QED) is 0.770. The van der Waals surface area contributed by atoms with Gasteiger partial charge in [0.05, 0.1) is 13.1 Å². The van der Waals surface area contributed by atoms with Crippen LogP contribution in [0.5, 0.6) is 0 Å². The van der Waals surface area contributed by atoms with E-state index in [0.717, 1.165) is 22.2 Å². The smallest absolute Gasteiger partial charge is 0.253 e. The van der Waals surface area contributed by atoms with Gasteiger partial charge >= 0.3 is 0 Å². The predicted octanol–water partition coefficient (Wildman–Crippen LogP) is 3.70. The highest BCUT2D eigenvalue weighted by Gasteiger charge is 2.14. The van der Waals surface area contributed by atoms with Crippen molar-refractivity contribution in [1.82, 2.24) is 9.88 Å². The van der Waals surface area contributed by atoms with E-state index >= 15 is 0 Å². The molecule has 1 amide bonds. The lowest BCUT2D eigenvalue weighted by molar-refractivity contribution is -0.130. The number of aryl methyl sites for hydroxylation is 1. The first-order valence-electron chi connectivity index (χ1n) is 7.99. The molecule has 1 N–H and O–H groups in total. The molecule has 2 heterocycles. The van der Waals surface area contributed by atoms with Crippen LogP contribution in [0, 0.1) is 0 Å². The molecule has 124 valence electrons. The Morgan fingerprint density at radius 1 is 1.21 bits per heavy atom. The van der Waals surface area contributed by atoms with E-state index in [0.29, 0.717) is 18.7 Å². The van der Waals surface area contributed by atoms with Crippen LogP contribution in [0.15, 0.2) is 46.6 Å². The number of nitrogens with one attached hydrogen (secondary N) is 1.